The molecule has 154 valence electrons. The third-order valence-electron chi connectivity index (χ3n) is 6.08. The molecule has 0 spiro atoms. The van der Waals surface area contributed by atoms with Crippen molar-refractivity contribution in [3.8, 4) is 0 Å². The maximum atomic E-state index is 13.1. The van der Waals surface area contributed by atoms with E-state index in [1.807, 2.05) is 18.2 Å². The Morgan fingerprint density at radius 2 is 1.69 bits per heavy atom. The molecule has 2 fully saturated rings. The van der Waals surface area contributed by atoms with Crippen molar-refractivity contribution in [1.82, 2.24) is 9.80 Å². The fourth-order valence-corrected chi connectivity index (χ4v) is 4.61. The molecule has 0 aromatic heterocycles. The lowest BCUT2D eigenvalue weighted by Crippen LogP contribution is -2.32. The van der Waals surface area contributed by atoms with E-state index < -0.39 is 11.7 Å². The lowest BCUT2D eigenvalue weighted by atomic mass is 9.88. The quantitative estimate of drug-likeness (QED) is 0.743. The lowest BCUT2D eigenvalue weighted by Gasteiger charge is -2.24. The van der Waals surface area contributed by atoms with Crippen LogP contribution in [-0.4, -0.2) is 48.4 Å². The van der Waals surface area contributed by atoms with E-state index in [0.717, 1.165) is 31.8 Å². The van der Waals surface area contributed by atoms with Crippen molar-refractivity contribution >= 4 is 5.91 Å². The first kappa shape index (κ1) is 20.0. The third-order valence-corrected chi connectivity index (χ3v) is 6.08. The minimum atomic E-state index is -4.45. The molecule has 2 heterocycles. The monoisotopic (exact) mass is 402 g/mol. The molecule has 2 aliphatic heterocycles. The average molecular weight is 402 g/mol. The van der Waals surface area contributed by atoms with Crippen LogP contribution in [-0.2, 0) is 6.18 Å². The molecule has 2 atom stereocenters. The summed E-state index contributed by atoms with van der Waals surface area (Å²) in [6.07, 6.45) is -2.04. The van der Waals surface area contributed by atoms with Crippen molar-refractivity contribution < 1.29 is 18.0 Å². The Morgan fingerprint density at radius 3 is 2.38 bits per heavy atom. The molecule has 6 heteroatoms. The smallest absolute Gasteiger partial charge is 0.338 e. The van der Waals surface area contributed by atoms with E-state index in [0.29, 0.717) is 13.1 Å². The highest BCUT2D eigenvalue weighted by atomic mass is 19.4. The van der Waals surface area contributed by atoms with Gasteiger partial charge in [0.15, 0.2) is 0 Å². The Balaban J connectivity index is 1.55. The molecule has 2 aliphatic rings. The van der Waals surface area contributed by atoms with Crippen molar-refractivity contribution in [3.05, 3.63) is 71.3 Å². The lowest BCUT2D eigenvalue weighted by molar-refractivity contribution is -0.137. The number of halogens is 3. The van der Waals surface area contributed by atoms with Gasteiger partial charge in [-0.05, 0) is 55.6 Å². The fourth-order valence-electron chi connectivity index (χ4n) is 4.61. The van der Waals surface area contributed by atoms with Gasteiger partial charge in [-0.25, -0.2) is 0 Å². The van der Waals surface area contributed by atoms with Crippen molar-refractivity contribution in [2.75, 3.05) is 32.7 Å². The van der Waals surface area contributed by atoms with Gasteiger partial charge in [0.05, 0.1) is 5.56 Å². The topological polar surface area (TPSA) is 23.6 Å². The van der Waals surface area contributed by atoms with Gasteiger partial charge in [-0.15, -0.1) is 0 Å². The van der Waals surface area contributed by atoms with Gasteiger partial charge in [0, 0.05) is 31.1 Å². The molecule has 3 nitrogen and oxygen atoms in total. The van der Waals surface area contributed by atoms with Gasteiger partial charge in [-0.3, -0.25) is 4.79 Å². The van der Waals surface area contributed by atoms with E-state index in [1.54, 1.807) is 4.90 Å². The average Bonchev–Trinajstić information content (AvgIpc) is 3.38. The first-order chi connectivity index (χ1) is 13.9. The predicted molar refractivity (Wildman–Crippen MR) is 106 cm³/mol. The number of hydrogen-bond acceptors (Lipinski definition) is 2. The Morgan fingerprint density at radius 1 is 0.966 bits per heavy atom. The van der Waals surface area contributed by atoms with E-state index in [4.69, 9.17) is 0 Å². The van der Waals surface area contributed by atoms with Gasteiger partial charge in [0.25, 0.3) is 5.91 Å². The van der Waals surface area contributed by atoms with Gasteiger partial charge in [-0.1, -0.05) is 36.4 Å². The summed E-state index contributed by atoms with van der Waals surface area (Å²) < 4.78 is 39.2. The van der Waals surface area contributed by atoms with Crippen molar-refractivity contribution in [1.29, 1.82) is 0 Å². The van der Waals surface area contributed by atoms with Gasteiger partial charge in [0.1, 0.15) is 0 Å². The number of hydrogen-bond donors (Lipinski definition) is 0. The Labute approximate surface area is 169 Å². The van der Waals surface area contributed by atoms with Crippen molar-refractivity contribution in [3.63, 3.8) is 0 Å². The van der Waals surface area contributed by atoms with Crippen LogP contribution in [0.15, 0.2) is 54.6 Å². The molecule has 2 aromatic rings. The second-order valence-corrected chi connectivity index (χ2v) is 8.07. The largest absolute Gasteiger partial charge is 0.416 e. The zero-order valence-corrected chi connectivity index (χ0v) is 16.2. The second kappa shape index (κ2) is 8.19. The van der Waals surface area contributed by atoms with Crippen LogP contribution in [0.2, 0.25) is 0 Å². The van der Waals surface area contributed by atoms with Crippen LogP contribution in [0.4, 0.5) is 13.2 Å². The molecule has 2 aromatic carbocycles. The maximum Gasteiger partial charge on any atom is 0.416 e. The molecule has 0 bridgehead atoms. The van der Waals surface area contributed by atoms with E-state index >= 15 is 0 Å². The molecule has 0 radical (unpaired) electrons. The van der Waals surface area contributed by atoms with E-state index in [1.165, 1.54) is 30.5 Å². The number of rotatable bonds is 4. The van der Waals surface area contributed by atoms with E-state index in [9.17, 15) is 18.0 Å². The number of likely N-dealkylation sites (tertiary alicyclic amines) is 2. The number of amides is 1. The van der Waals surface area contributed by atoms with Gasteiger partial charge < -0.3 is 9.80 Å². The van der Waals surface area contributed by atoms with Crippen LogP contribution >= 0.6 is 0 Å². The van der Waals surface area contributed by atoms with Crippen LogP contribution in [0.1, 0.15) is 40.2 Å². The van der Waals surface area contributed by atoms with Crippen LogP contribution < -0.4 is 0 Å². The number of carbonyl (C=O) groups is 1. The molecule has 0 N–H and O–H groups in total. The Hall–Kier alpha value is -2.34. The van der Waals surface area contributed by atoms with Crippen molar-refractivity contribution in [2.45, 2.75) is 24.9 Å². The van der Waals surface area contributed by atoms with E-state index in [-0.39, 0.29) is 23.3 Å². The first-order valence-electron chi connectivity index (χ1n) is 10.2. The third kappa shape index (κ3) is 4.47. The van der Waals surface area contributed by atoms with E-state index in [2.05, 4.69) is 17.0 Å². The van der Waals surface area contributed by atoms with Gasteiger partial charge >= 0.3 is 6.18 Å². The minimum Gasteiger partial charge on any atom is -0.338 e. The van der Waals surface area contributed by atoms with Crippen LogP contribution in [0.5, 0.6) is 0 Å². The standard InChI is InChI=1S/C23H25F3N2O/c24-23(25,26)20-10-6-9-18(13-20)22(29)28-15-19(14-27-11-4-5-12-27)21(16-28)17-7-2-1-3-8-17/h1-3,6-10,13,19,21H,4-5,11-12,14-16H2/t19-,21+/m0/s1. The molecule has 0 unspecified atom stereocenters. The van der Waals surface area contributed by atoms with Crippen LogP contribution in [0, 0.1) is 5.92 Å². The number of alkyl halides is 3. The zero-order chi connectivity index (χ0) is 20.4. The Bertz CT molecular complexity index is 847. The summed E-state index contributed by atoms with van der Waals surface area (Å²) in [5.41, 5.74) is 0.514. The van der Waals surface area contributed by atoms with Crippen LogP contribution in [0.25, 0.3) is 0 Å². The number of nitrogens with zero attached hydrogens (tertiary/aromatic N) is 2. The van der Waals surface area contributed by atoms with Crippen LogP contribution in [0.3, 0.4) is 0 Å². The number of carbonyl (C=O) groups excluding carboxylic acids is 1. The highest BCUT2D eigenvalue weighted by molar-refractivity contribution is 5.94. The summed E-state index contributed by atoms with van der Waals surface area (Å²) in [6, 6.07) is 14.9. The molecular weight excluding hydrogens is 377 g/mol. The summed E-state index contributed by atoms with van der Waals surface area (Å²) in [4.78, 5) is 17.2. The molecule has 2 saturated heterocycles. The fraction of sp³-hybridized carbons (Fsp3) is 0.435. The van der Waals surface area contributed by atoms with Crippen molar-refractivity contribution in [2.24, 2.45) is 5.92 Å². The number of benzene rings is 2. The SMILES string of the molecule is O=C(c1cccc(C(F)(F)F)c1)N1C[C@H](CN2CCCC2)[C@@H](c2ccccc2)C1. The van der Waals surface area contributed by atoms with Gasteiger partial charge in [0.2, 0.25) is 0 Å². The molecule has 1 amide bonds. The first-order valence-corrected chi connectivity index (χ1v) is 10.2. The summed E-state index contributed by atoms with van der Waals surface area (Å²) in [5, 5.41) is 0. The highest BCUT2D eigenvalue weighted by Crippen LogP contribution is 2.35. The normalized spacial score (nSPS) is 22.9. The second-order valence-electron chi connectivity index (χ2n) is 8.07. The summed E-state index contributed by atoms with van der Waals surface area (Å²) in [5.74, 6) is 0.165. The Kier molecular flexibility index (Phi) is 5.63. The predicted octanol–water partition coefficient (Wildman–Crippen LogP) is 4.66. The zero-order valence-electron chi connectivity index (χ0n) is 16.2. The highest BCUT2D eigenvalue weighted by Gasteiger charge is 2.38. The molecule has 29 heavy (non-hydrogen) atoms. The van der Waals surface area contributed by atoms with Gasteiger partial charge in [-0.2, -0.15) is 13.2 Å². The molecular formula is C23H25F3N2O. The maximum absolute atomic E-state index is 13.1. The molecule has 0 aliphatic carbocycles. The molecule has 4 rings (SSSR count). The summed E-state index contributed by atoms with van der Waals surface area (Å²) in [6.45, 7) is 4.20. The summed E-state index contributed by atoms with van der Waals surface area (Å²) in [7, 11) is 0. The summed E-state index contributed by atoms with van der Waals surface area (Å²) >= 11 is 0. The molecule has 0 saturated carbocycles. The minimum absolute atomic E-state index is 0.105.